The van der Waals surface area contributed by atoms with Crippen molar-refractivity contribution >= 4 is 29.5 Å². The van der Waals surface area contributed by atoms with E-state index in [9.17, 15) is 4.79 Å². The molecule has 2 aromatic rings. The van der Waals surface area contributed by atoms with Crippen LogP contribution in [0.1, 0.15) is 10.4 Å². The largest absolute Gasteiger partial charge is 0.322 e. The van der Waals surface area contributed by atoms with Crippen molar-refractivity contribution < 1.29 is 4.79 Å². The maximum absolute atomic E-state index is 10.6. The Morgan fingerprint density at radius 2 is 1.73 bits per heavy atom. The van der Waals surface area contributed by atoms with Crippen molar-refractivity contribution in [1.82, 2.24) is 4.57 Å². The van der Waals surface area contributed by atoms with Crippen LogP contribution in [0.4, 0.5) is 0 Å². The van der Waals surface area contributed by atoms with Crippen molar-refractivity contribution in [3.05, 3.63) is 52.3 Å². The van der Waals surface area contributed by atoms with E-state index >= 15 is 0 Å². The molecule has 0 saturated carbocycles. The monoisotopic (exact) mass is 239 g/mol. The zero-order valence-corrected chi connectivity index (χ0v) is 9.16. The summed E-state index contributed by atoms with van der Waals surface area (Å²) < 4.78 is 1.84. The van der Waals surface area contributed by atoms with E-state index in [1.807, 2.05) is 29.1 Å². The average Bonchev–Trinajstić information content (AvgIpc) is 2.75. The van der Waals surface area contributed by atoms with E-state index in [1.165, 1.54) is 0 Å². The Morgan fingerprint density at radius 1 is 1.07 bits per heavy atom. The normalized spacial score (nSPS) is 10.3. The van der Waals surface area contributed by atoms with Gasteiger partial charge < -0.3 is 4.57 Å². The number of hydrogen-bond acceptors (Lipinski definition) is 1. The second-order valence-electron chi connectivity index (χ2n) is 3.01. The Hall–Kier alpha value is -1.25. The Kier molecular flexibility index (Phi) is 2.80. The molecule has 0 fully saturated rings. The van der Waals surface area contributed by atoms with Gasteiger partial charge in [-0.2, -0.15) is 0 Å². The lowest BCUT2D eigenvalue weighted by atomic mass is 10.2. The van der Waals surface area contributed by atoms with E-state index in [0.29, 0.717) is 16.9 Å². The van der Waals surface area contributed by atoms with Crippen LogP contribution in [0.2, 0.25) is 10.0 Å². The fourth-order valence-electron chi connectivity index (χ4n) is 1.34. The molecule has 0 aliphatic heterocycles. The number of halogens is 2. The lowest BCUT2D eigenvalue weighted by Gasteiger charge is -2.08. The first-order chi connectivity index (χ1) is 7.24. The Balaban J connectivity index is 2.61. The van der Waals surface area contributed by atoms with Gasteiger partial charge in [-0.25, -0.2) is 0 Å². The minimum atomic E-state index is 0.290. The third kappa shape index (κ3) is 1.78. The molecular formula is C11H7Cl2NO. The van der Waals surface area contributed by atoms with Gasteiger partial charge in [0, 0.05) is 18.0 Å². The molecule has 76 valence electrons. The molecule has 1 heterocycles. The van der Waals surface area contributed by atoms with Crippen molar-refractivity contribution in [1.29, 1.82) is 0 Å². The minimum Gasteiger partial charge on any atom is -0.322 e. The van der Waals surface area contributed by atoms with Gasteiger partial charge in [0.15, 0.2) is 6.29 Å². The number of aromatic nitrogens is 1. The summed E-state index contributed by atoms with van der Waals surface area (Å²) in [6, 6.07) is 7.18. The molecule has 0 atom stereocenters. The summed E-state index contributed by atoms with van der Waals surface area (Å²) in [5.74, 6) is 0. The molecule has 0 amide bonds. The highest BCUT2D eigenvalue weighted by molar-refractivity contribution is 6.44. The summed E-state index contributed by atoms with van der Waals surface area (Å²) in [6.45, 7) is 0. The molecule has 2 nitrogen and oxygen atoms in total. The molecule has 0 aliphatic carbocycles. The van der Waals surface area contributed by atoms with Crippen molar-refractivity contribution in [2.75, 3.05) is 0 Å². The number of benzene rings is 1. The fraction of sp³-hybridized carbons (Fsp3) is 0. The van der Waals surface area contributed by atoms with Crippen LogP contribution in [0.25, 0.3) is 5.69 Å². The van der Waals surface area contributed by atoms with Crippen molar-refractivity contribution in [2.45, 2.75) is 0 Å². The van der Waals surface area contributed by atoms with Crippen LogP contribution in [0.3, 0.4) is 0 Å². The predicted octanol–water partition coefficient (Wildman–Crippen LogP) is 3.60. The van der Waals surface area contributed by atoms with Crippen LogP contribution in [0.15, 0.2) is 36.7 Å². The molecule has 0 bridgehead atoms. The summed E-state index contributed by atoms with van der Waals surface area (Å²) in [5, 5.41) is 0.676. The van der Waals surface area contributed by atoms with Gasteiger partial charge in [0.2, 0.25) is 0 Å². The van der Waals surface area contributed by atoms with E-state index in [4.69, 9.17) is 23.2 Å². The minimum absolute atomic E-state index is 0.290. The Labute approximate surface area is 97.0 Å². The standard InChI is InChI=1S/C11H7Cl2NO/c12-10-8(7-15)3-4-9(11(10)13)14-5-1-2-6-14/h1-7H. The topological polar surface area (TPSA) is 22.0 Å². The first-order valence-corrected chi connectivity index (χ1v) is 5.06. The molecule has 0 unspecified atom stereocenters. The molecule has 15 heavy (non-hydrogen) atoms. The lowest BCUT2D eigenvalue weighted by Crippen LogP contribution is -1.93. The molecule has 2 rings (SSSR count). The molecular weight excluding hydrogens is 233 g/mol. The first kappa shape index (κ1) is 10.3. The zero-order valence-electron chi connectivity index (χ0n) is 7.65. The highest BCUT2D eigenvalue weighted by Gasteiger charge is 2.09. The average molecular weight is 240 g/mol. The maximum atomic E-state index is 10.6. The van der Waals surface area contributed by atoms with Crippen LogP contribution < -0.4 is 0 Å². The Morgan fingerprint density at radius 3 is 2.33 bits per heavy atom. The summed E-state index contributed by atoms with van der Waals surface area (Å²) in [6.07, 6.45) is 4.41. The smallest absolute Gasteiger partial charge is 0.151 e. The van der Waals surface area contributed by atoms with Gasteiger partial charge in [0.1, 0.15) is 0 Å². The van der Waals surface area contributed by atoms with Crippen molar-refractivity contribution in [3.8, 4) is 5.69 Å². The van der Waals surface area contributed by atoms with Gasteiger partial charge >= 0.3 is 0 Å². The molecule has 0 aliphatic rings. The number of carbonyl (C=O) groups excluding carboxylic acids is 1. The molecule has 0 saturated heterocycles. The molecule has 4 heteroatoms. The van der Waals surface area contributed by atoms with E-state index in [0.717, 1.165) is 5.69 Å². The number of nitrogens with zero attached hydrogens (tertiary/aromatic N) is 1. The van der Waals surface area contributed by atoms with Gasteiger partial charge in [0.05, 0.1) is 15.7 Å². The summed E-state index contributed by atoms with van der Waals surface area (Å²) in [7, 11) is 0. The van der Waals surface area contributed by atoms with Crippen LogP contribution in [-0.2, 0) is 0 Å². The molecule has 1 aromatic heterocycles. The van der Waals surface area contributed by atoms with Crippen LogP contribution in [0, 0.1) is 0 Å². The zero-order chi connectivity index (χ0) is 10.8. The second kappa shape index (κ2) is 4.09. The lowest BCUT2D eigenvalue weighted by molar-refractivity contribution is 0.112. The summed E-state index contributed by atoms with van der Waals surface area (Å²) in [4.78, 5) is 10.6. The summed E-state index contributed by atoms with van der Waals surface area (Å²) >= 11 is 12.0. The summed E-state index contributed by atoms with van der Waals surface area (Å²) in [5.41, 5.74) is 1.16. The van der Waals surface area contributed by atoms with Gasteiger partial charge in [-0.15, -0.1) is 0 Å². The van der Waals surface area contributed by atoms with Gasteiger partial charge in [-0.05, 0) is 24.3 Å². The van der Waals surface area contributed by atoms with Crippen LogP contribution in [0.5, 0.6) is 0 Å². The maximum Gasteiger partial charge on any atom is 0.151 e. The highest BCUT2D eigenvalue weighted by atomic mass is 35.5. The van der Waals surface area contributed by atoms with Crippen LogP contribution >= 0.6 is 23.2 Å². The first-order valence-electron chi connectivity index (χ1n) is 4.30. The van der Waals surface area contributed by atoms with E-state index in [1.54, 1.807) is 12.1 Å². The Bertz CT molecular complexity index is 492. The number of hydrogen-bond donors (Lipinski definition) is 0. The number of rotatable bonds is 2. The predicted molar refractivity (Wildman–Crippen MR) is 61.2 cm³/mol. The highest BCUT2D eigenvalue weighted by Crippen LogP contribution is 2.31. The molecule has 0 spiro atoms. The quantitative estimate of drug-likeness (QED) is 0.735. The fourth-order valence-corrected chi connectivity index (χ4v) is 1.81. The second-order valence-corrected chi connectivity index (χ2v) is 3.77. The van der Waals surface area contributed by atoms with E-state index in [-0.39, 0.29) is 5.02 Å². The van der Waals surface area contributed by atoms with E-state index < -0.39 is 0 Å². The number of aldehydes is 1. The van der Waals surface area contributed by atoms with E-state index in [2.05, 4.69) is 0 Å². The molecule has 1 aromatic carbocycles. The molecule has 0 N–H and O–H groups in total. The van der Waals surface area contributed by atoms with Gasteiger partial charge in [-0.3, -0.25) is 4.79 Å². The number of carbonyl (C=O) groups is 1. The van der Waals surface area contributed by atoms with Crippen molar-refractivity contribution in [3.63, 3.8) is 0 Å². The molecule has 0 radical (unpaired) electrons. The SMILES string of the molecule is O=Cc1ccc(-n2cccc2)c(Cl)c1Cl. The third-order valence-corrected chi connectivity index (χ3v) is 2.99. The van der Waals surface area contributed by atoms with Gasteiger partial charge in [0.25, 0.3) is 0 Å². The van der Waals surface area contributed by atoms with Crippen molar-refractivity contribution in [2.24, 2.45) is 0 Å². The third-order valence-electron chi connectivity index (χ3n) is 2.10. The van der Waals surface area contributed by atoms with Crippen LogP contribution in [-0.4, -0.2) is 10.9 Å². The van der Waals surface area contributed by atoms with Gasteiger partial charge in [-0.1, -0.05) is 23.2 Å².